The number of benzene rings is 4. The topological polar surface area (TPSA) is 94.8 Å². The second-order valence-electron chi connectivity index (χ2n) is 22.6. The first-order valence-corrected chi connectivity index (χ1v) is 32.5. The third-order valence-electron chi connectivity index (χ3n) is 14.5. The summed E-state index contributed by atoms with van der Waals surface area (Å²) >= 11 is 5.22. The molecule has 4 aliphatic heterocycles. The Morgan fingerprint density at radius 1 is 0.653 bits per heavy atom. The standard InChI is InChI=1S/C31H42N2O2S2.C23H30N2O.C8H13ClOS2/c1-22-19-27(31(3,4)5)30(35-29(34)14-10-9-13-25-15-18-36-37-25)23(2)26(22)20-28-32-16-17-33(28)21-24-11-7-6-8-12-24;1-16-13-20(23(3,4)5)22(26)17(2)19(16)14-21-24-11-12-25(21)15-18-9-7-6-8-10-18;9-8(10)4-2-1-3-7-5-6-11-12-7/h6-8,11-12,19,25H,9-10,13-18,20-21H2,1-5H3;6-10,13,26H,11-12,14-15H2,1-5H3;7H,1-6H2/t25-;;7-/m1.1/s1. The van der Waals surface area contributed by atoms with Gasteiger partial charge in [0.1, 0.15) is 23.2 Å². The number of esters is 1. The quantitative estimate of drug-likeness (QED) is 0.0322. The molecule has 408 valence electrons. The molecule has 13 heteroatoms. The molecule has 0 amide bonds. The fourth-order valence-corrected chi connectivity index (χ4v) is 16.2. The van der Waals surface area contributed by atoms with Gasteiger partial charge in [-0.25, -0.2) is 0 Å². The number of unbranched alkanes of at least 4 members (excludes halogenated alkanes) is 2. The molecular weight excluding hydrogens is 1030 g/mol. The fourth-order valence-electron chi connectivity index (χ4n) is 10.0. The Hall–Kier alpha value is -3.55. The van der Waals surface area contributed by atoms with Gasteiger partial charge < -0.3 is 19.6 Å². The average Bonchev–Trinajstić information content (AvgIpc) is 4.23. The van der Waals surface area contributed by atoms with Crippen molar-refractivity contribution in [3.63, 3.8) is 0 Å². The van der Waals surface area contributed by atoms with E-state index in [-0.39, 0.29) is 22.0 Å². The summed E-state index contributed by atoms with van der Waals surface area (Å²) in [6.07, 6.45) is 11.8. The molecule has 4 aliphatic rings. The number of hydrogen-bond acceptors (Lipinski definition) is 12. The van der Waals surface area contributed by atoms with Crippen LogP contribution in [0, 0.1) is 27.7 Å². The second kappa shape index (κ2) is 29.4. The normalized spacial score (nSPS) is 17.5. The van der Waals surface area contributed by atoms with Crippen molar-refractivity contribution in [2.24, 2.45) is 9.98 Å². The highest BCUT2D eigenvalue weighted by Crippen LogP contribution is 2.42. The maximum atomic E-state index is 13.0. The minimum Gasteiger partial charge on any atom is -0.507 e. The van der Waals surface area contributed by atoms with Crippen molar-refractivity contribution in [3.8, 4) is 11.5 Å². The third-order valence-corrected chi connectivity index (χ3v) is 20.7. The molecule has 1 N–H and O–H groups in total. The van der Waals surface area contributed by atoms with Crippen molar-refractivity contribution in [3.05, 3.63) is 128 Å². The largest absolute Gasteiger partial charge is 0.507 e. The Morgan fingerprint density at radius 2 is 1.11 bits per heavy atom. The molecule has 0 aliphatic carbocycles. The molecule has 0 saturated carbocycles. The smallest absolute Gasteiger partial charge is 0.311 e. The lowest BCUT2D eigenvalue weighted by Gasteiger charge is -2.27. The first kappa shape index (κ1) is 60.7. The molecule has 2 fully saturated rings. The van der Waals surface area contributed by atoms with Gasteiger partial charge in [0.25, 0.3) is 0 Å². The Labute approximate surface area is 472 Å². The molecule has 4 aromatic carbocycles. The molecule has 4 aromatic rings. The molecule has 0 unspecified atom stereocenters. The number of aromatic hydroxyl groups is 1. The van der Waals surface area contributed by atoms with Crippen LogP contribution in [0.25, 0.3) is 0 Å². The van der Waals surface area contributed by atoms with Gasteiger partial charge in [-0.15, -0.1) is 0 Å². The van der Waals surface area contributed by atoms with Gasteiger partial charge in [0.2, 0.25) is 5.24 Å². The number of halogens is 1. The number of carbonyl (C=O) groups excluding carboxylic acids is 2. The van der Waals surface area contributed by atoms with Gasteiger partial charge in [-0.2, -0.15) is 0 Å². The zero-order chi connectivity index (χ0) is 54.1. The maximum absolute atomic E-state index is 13.0. The van der Waals surface area contributed by atoms with Crippen molar-refractivity contribution in [1.82, 2.24) is 9.80 Å². The molecule has 8 rings (SSSR count). The van der Waals surface area contributed by atoms with E-state index in [4.69, 9.17) is 26.3 Å². The number of aliphatic imine (C=N–C) groups is 2. The molecule has 8 nitrogen and oxygen atoms in total. The summed E-state index contributed by atoms with van der Waals surface area (Å²) in [4.78, 5) is 37.7. The molecule has 0 radical (unpaired) electrons. The lowest BCUT2D eigenvalue weighted by atomic mass is 9.82. The third kappa shape index (κ3) is 18.8. The first-order valence-electron chi connectivity index (χ1n) is 27.3. The van der Waals surface area contributed by atoms with Crippen molar-refractivity contribution in [2.45, 2.75) is 181 Å². The van der Waals surface area contributed by atoms with Gasteiger partial charge in [0.15, 0.2) is 0 Å². The van der Waals surface area contributed by atoms with Crippen LogP contribution in [0.1, 0.15) is 161 Å². The molecule has 0 bridgehead atoms. The highest BCUT2D eigenvalue weighted by molar-refractivity contribution is 8.77. The number of amidine groups is 2. The predicted octanol–water partition coefficient (Wildman–Crippen LogP) is 15.9. The van der Waals surface area contributed by atoms with Gasteiger partial charge in [0.05, 0.1) is 13.1 Å². The van der Waals surface area contributed by atoms with Crippen molar-refractivity contribution < 1.29 is 19.4 Å². The summed E-state index contributed by atoms with van der Waals surface area (Å²) < 4.78 is 6.16. The average molecular weight is 1110 g/mol. The van der Waals surface area contributed by atoms with E-state index < -0.39 is 0 Å². The van der Waals surface area contributed by atoms with Crippen LogP contribution in [-0.2, 0) is 46.4 Å². The number of phenolic OH excluding ortho intramolecular Hbond substituents is 1. The van der Waals surface area contributed by atoms with Gasteiger partial charge >= 0.3 is 5.97 Å². The summed E-state index contributed by atoms with van der Waals surface area (Å²) in [5, 5.41) is 12.2. The Balaban J connectivity index is 0.000000207. The molecule has 0 spiro atoms. The fraction of sp³-hybridized carbons (Fsp3) is 0.548. The summed E-state index contributed by atoms with van der Waals surface area (Å²) in [6, 6.07) is 25.5. The van der Waals surface area contributed by atoms with E-state index >= 15 is 0 Å². The number of nitrogens with zero attached hydrogens (tertiary/aromatic N) is 4. The molecule has 0 aromatic heterocycles. The van der Waals surface area contributed by atoms with Gasteiger partial charge in [0, 0.05) is 79.4 Å². The highest BCUT2D eigenvalue weighted by Gasteiger charge is 2.29. The monoisotopic (exact) mass is 1110 g/mol. The maximum Gasteiger partial charge on any atom is 0.311 e. The number of hydrogen-bond donors (Lipinski definition) is 1. The molecule has 2 saturated heterocycles. The van der Waals surface area contributed by atoms with Crippen LogP contribution in [0.15, 0.2) is 82.8 Å². The highest BCUT2D eigenvalue weighted by atomic mass is 35.5. The van der Waals surface area contributed by atoms with Crippen LogP contribution in [0.4, 0.5) is 0 Å². The summed E-state index contributed by atoms with van der Waals surface area (Å²) in [5.74, 6) is 5.89. The van der Waals surface area contributed by atoms with E-state index in [2.05, 4.69) is 145 Å². The summed E-state index contributed by atoms with van der Waals surface area (Å²) in [5.41, 5.74) is 11.5. The number of phenols is 1. The van der Waals surface area contributed by atoms with Crippen LogP contribution in [0.3, 0.4) is 0 Å². The molecule has 75 heavy (non-hydrogen) atoms. The lowest BCUT2D eigenvalue weighted by Crippen LogP contribution is -2.29. The molecule has 2 atom stereocenters. The van der Waals surface area contributed by atoms with Gasteiger partial charge in [-0.05, 0) is 139 Å². The zero-order valence-corrected chi connectivity index (χ0v) is 50.7. The summed E-state index contributed by atoms with van der Waals surface area (Å²) in [7, 11) is 7.97. The number of rotatable bonds is 19. The van der Waals surface area contributed by atoms with Crippen molar-refractivity contribution in [2.75, 3.05) is 37.7 Å². The van der Waals surface area contributed by atoms with E-state index in [1.165, 1.54) is 70.6 Å². The minimum atomic E-state index is -0.191. The van der Waals surface area contributed by atoms with Crippen LogP contribution in [0.5, 0.6) is 11.5 Å². The number of aryl methyl sites for hydroxylation is 2. The van der Waals surface area contributed by atoms with E-state index in [0.717, 1.165) is 128 Å². The van der Waals surface area contributed by atoms with Crippen LogP contribution < -0.4 is 4.74 Å². The molecule has 4 heterocycles. The number of ether oxygens (including phenoxy) is 1. The van der Waals surface area contributed by atoms with Crippen LogP contribution >= 0.6 is 54.8 Å². The van der Waals surface area contributed by atoms with Gasteiger partial charge in [-0.3, -0.25) is 19.6 Å². The SMILES string of the molecule is Cc1cc(C(C)(C)C)c(O)c(C)c1CC1=NCCN1Cc1ccccc1.Cc1cc(C(C)(C)C)c(OC(=O)CCCC[C@@H]2CCSS2)c(C)c1CC1=NCCN1Cc1ccccc1.O=C(Cl)CCCC[C@@H]1CCSS1. The Bertz CT molecular complexity index is 2550. The van der Waals surface area contributed by atoms with Crippen molar-refractivity contribution >= 4 is 77.7 Å². The van der Waals surface area contributed by atoms with Gasteiger partial charge in [-0.1, -0.05) is 170 Å². The predicted molar refractivity (Wildman–Crippen MR) is 327 cm³/mol. The second-order valence-corrected chi connectivity index (χ2v) is 28.6. The molecular formula is C62H85ClN4O4S4. The van der Waals surface area contributed by atoms with Crippen LogP contribution in [-0.4, -0.2) is 86.0 Å². The van der Waals surface area contributed by atoms with E-state index in [1.54, 1.807) is 0 Å². The Kier molecular flexibility index (Phi) is 23.8. The van der Waals surface area contributed by atoms with Crippen molar-refractivity contribution in [1.29, 1.82) is 0 Å². The zero-order valence-electron chi connectivity index (χ0n) is 46.7. The first-order chi connectivity index (χ1) is 35.8. The van der Waals surface area contributed by atoms with E-state index in [9.17, 15) is 14.7 Å². The summed E-state index contributed by atoms with van der Waals surface area (Å²) in [6.45, 7) is 26.8. The van der Waals surface area contributed by atoms with Crippen LogP contribution in [0.2, 0.25) is 0 Å². The minimum absolute atomic E-state index is 0.0671. The number of carbonyl (C=O) groups is 2. The Morgan fingerprint density at radius 3 is 1.55 bits per heavy atom. The lowest BCUT2D eigenvalue weighted by molar-refractivity contribution is -0.134. The van der Waals surface area contributed by atoms with E-state index in [0.29, 0.717) is 18.6 Å². The van der Waals surface area contributed by atoms with E-state index in [1.807, 2.05) is 50.1 Å².